The van der Waals surface area contributed by atoms with Gasteiger partial charge in [0.15, 0.2) is 0 Å². The van der Waals surface area contributed by atoms with Crippen molar-refractivity contribution >= 4 is 0 Å². The molecule has 0 amide bonds. The van der Waals surface area contributed by atoms with E-state index in [0.29, 0.717) is 6.54 Å². The minimum absolute atomic E-state index is 0.556. The van der Waals surface area contributed by atoms with Crippen LogP contribution in [0.1, 0.15) is 33.1 Å². The van der Waals surface area contributed by atoms with Crippen molar-refractivity contribution in [1.29, 1.82) is 0 Å². The van der Waals surface area contributed by atoms with Crippen LogP contribution in [0.4, 0.5) is 4.39 Å². The van der Waals surface area contributed by atoms with Gasteiger partial charge in [0, 0.05) is 19.6 Å². The Morgan fingerprint density at radius 1 is 1.42 bits per heavy atom. The van der Waals surface area contributed by atoms with Gasteiger partial charge in [-0.2, -0.15) is 0 Å². The predicted molar refractivity (Wildman–Crippen MR) is 50.0 cm³/mol. The van der Waals surface area contributed by atoms with Gasteiger partial charge in [-0.05, 0) is 12.3 Å². The first-order valence-corrected chi connectivity index (χ1v) is 5.12. The summed E-state index contributed by atoms with van der Waals surface area (Å²) >= 11 is 0. The lowest BCUT2D eigenvalue weighted by atomic mass is 10.0. The van der Waals surface area contributed by atoms with Crippen LogP contribution >= 0.6 is 0 Å². The topological polar surface area (TPSA) is 3.24 Å². The van der Waals surface area contributed by atoms with Crippen molar-refractivity contribution in [3.63, 3.8) is 0 Å². The molecule has 0 unspecified atom stereocenters. The second-order valence-electron chi connectivity index (χ2n) is 3.83. The number of hydrogen-bond donors (Lipinski definition) is 0. The Kier molecular flexibility index (Phi) is 3.99. The first-order chi connectivity index (χ1) is 5.76. The van der Waals surface area contributed by atoms with Crippen LogP contribution in [0.3, 0.4) is 0 Å². The quantitative estimate of drug-likeness (QED) is 0.631. The lowest BCUT2D eigenvalue weighted by Crippen LogP contribution is -2.27. The van der Waals surface area contributed by atoms with E-state index in [2.05, 4.69) is 18.7 Å². The van der Waals surface area contributed by atoms with Gasteiger partial charge in [-0.3, -0.25) is 0 Å². The minimum Gasteiger partial charge on any atom is -0.300 e. The van der Waals surface area contributed by atoms with E-state index in [9.17, 15) is 4.39 Å². The Morgan fingerprint density at radius 3 is 2.50 bits per heavy atom. The number of nitrogens with zero attached hydrogens (tertiary/aromatic N) is 1. The molecule has 0 aliphatic carbocycles. The van der Waals surface area contributed by atoms with Gasteiger partial charge in [0.25, 0.3) is 0 Å². The normalized spacial score (nSPS) is 25.5. The number of alkyl halides is 1. The summed E-state index contributed by atoms with van der Waals surface area (Å²) in [6.45, 7) is 7.19. The molecule has 0 radical (unpaired) electrons. The molecule has 0 spiro atoms. The maximum Gasteiger partial charge on any atom is 0.114 e. The number of halogens is 1. The zero-order valence-corrected chi connectivity index (χ0v) is 8.22. The Morgan fingerprint density at radius 2 is 2.08 bits per heavy atom. The van der Waals surface area contributed by atoms with Crippen molar-refractivity contribution in [2.24, 2.45) is 5.92 Å². The summed E-state index contributed by atoms with van der Waals surface area (Å²) in [5.41, 5.74) is 0. The van der Waals surface area contributed by atoms with Crippen LogP contribution in [0.15, 0.2) is 0 Å². The molecule has 0 aromatic rings. The zero-order valence-electron chi connectivity index (χ0n) is 8.22. The molecule has 1 saturated heterocycles. The maximum atomic E-state index is 12.8. The molecule has 1 nitrogen and oxygen atoms in total. The van der Waals surface area contributed by atoms with Crippen LogP contribution in [-0.4, -0.2) is 30.7 Å². The number of hydrogen-bond acceptors (Lipinski definition) is 1. The molecular formula is C10H20FN. The van der Waals surface area contributed by atoms with Crippen LogP contribution in [-0.2, 0) is 0 Å². The van der Waals surface area contributed by atoms with Crippen molar-refractivity contribution < 1.29 is 4.39 Å². The van der Waals surface area contributed by atoms with Crippen molar-refractivity contribution in [1.82, 2.24) is 4.90 Å². The second kappa shape index (κ2) is 4.80. The van der Waals surface area contributed by atoms with E-state index in [4.69, 9.17) is 0 Å². The van der Waals surface area contributed by atoms with Gasteiger partial charge in [-0.15, -0.1) is 0 Å². The molecule has 2 heteroatoms. The fraction of sp³-hybridized carbons (Fsp3) is 1.00. The molecule has 1 heterocycles. The van der Waals surface area contributed by atoms with E-state index < -0.39 is 6.17 Å². The van der Waals surface area contributed by atoms with Crippen molar-refractivity contribution in [3.8, 4) is 0 Å². The second-order valence-corrected chi connectivity index (χ2v) is 3.83. The molecule has 12 heavy (non-hydrogen) atoms. The maximum absolute atomic E-state index is 12.8. The SMILES string of the molecule is CCC(CC)CN1CC[C@@H](F)C1. The fourth-order valence-electron chi connectivity index (χ4n) is 1.86. The van der Waals surface area contributed by atoms with Crippen molar-refractivity contribution in [3.05, 3.63) is 0 Å². The first-order valence-electron chi connectivity index (χ1n) is 5.12. The highest BCUT2D eigenvalue weighted by molar-refractivity contribution is 4.76. The summed E-state index contributed by atoms with van der Waals surface area (Å²) < 4.78 is 12.8. The van der Waals surface area contributed by atoms with Gasteiger partial charge in [0.1, 0.15) is 6.17 Å². The van der Waals surface area contributed by atoms with Gasteiger partial charge >= 0.3 is 0 Å². The number of likely N-dealkylation sites (tertiary alicyclic amines) is 1. The molecule has 1 atom stereocenters. The Bertz CT molecular complexity index is 123. The Labute approximate surface area is 74.9 Å². The molecule has 1 fully saturated rings. The van der Waals surface area contributed by atoms with Crippen molar-refractivity contribution in [2.45, 2.75) is 39.3 Å². The van der Waals surface area contributed by atoms with Crippen LogP contribution in [0, 0.1) is 5.92 Å². The standard InChI is InChI=1S/C10H20FN/c1-3-9(4-2)7-12-6-5-10(11)8-12/h9-10H,3-8H2,1-2H3/t10-/m1/s1. The molecule has 1 rings (SSSR count). The van der Waals surface area contributed by atoms with Gasteiger partial charge < -0.3 is 4.90 Å². The third-order valence-electron chi connectivity index (χ3n) is 2.89. The molecule has 1 aliphatic rings. The highest BCUT2D eigenvalue weighted by atomic mass is 19.1. The summed E-state index contributed by atoms with van der Waals surface area (Å²) in [4.78, 5) is 2.27. The smallest absolute Gasteiger partial charge is 0.114 e. The highest BCUT2D eigenvalue weighted by Crippen LogP contribution is 2.16. The average Bonchev–Trinajstić information content (AvgIpc) is 2.47. The molecule has 1 aliphatic heterocycles. The van der Waals surface area contributed by atoms with E-state index in [0.717, 1.165) is 25.4 Å². The summed E-state index contributed by atoms with van der Waals surface area (Å²) in [5.74, 6) is 0.773. The summed E-state index contributed by atoms with van der Waals surface area (Å²) in [6, 6.07) is 0. The Hall–Kier alpha value is -0.110. The summed E-state index contributed by atoms with van der Waals surface area (Å²) in [6.07, 6.45) is 2.65. The molecule has 0 bridgehead atoms. The fourth-order valence-corrected chi connectivity index (χ4v) is 1.86. The summed E-state index contributed by atoms with van der Waals surface area (Å²) in [7, 11) is 0. The lowest BCUT2D eigenvalue weighted by Gasteiger charge is -2.20. The van der Waals surface area contributed by atoms with E-state index in [-0.39, 0.29) is 0 Å². The van der Waals surface area contributed by atoms with Crippen LogP contribution in [0.5, 0.6) is 0 Å². The van der Waals surface area contributed by atoms with Crippen LogP contribution in [0.25, 0.3) is 0 Å². The van der Waals surface area contributed by atoms with Gasteiger partial charge in [0.2, 0.25) is 0 Å². The largest absolute Gasteiger partial charge is 0.300 e. The third-order valence-corrected chi connectivity index (χ3v) is 2.89. The monoisotopic (exact) mass is 173 g/mol. The molecule has 0 aromatic carbocycles. The van der Waals surface area contributed by atoms with E-state index in [1.54, 1.807) is 0 Å². The van der Waals surface area contributed by atoms with Crippen LogP contribution < -0.4 is 0 Å². The zero-order chi connectivity index (χ0) is 8.97. The average molecular weight is 173 g/mol. The molecule has 0 N–H and O–H groups in total. The highest BCUT2D eigenvalue weighted by Gasteiger charge is 2.22. The van der Waals surface area contributed by atoms with E-state index in [1.807, 2.05) is 0 Å². The van der Waals surface area contributed by atoms with E-state index >= 15 is 0 Å². The lowest BCUT2D eigenvalue weighted by molar-refractivity contribution is 0.244. The van der Waals surface area contributed by atoms with Crippen LogP contribution in [0.2, 0.25) is 0 Å². The van der Waals surface area contributed by atoms with E-state index in [1.165, 1.54) is 12.8 Å². The first kappa shape index (κ1) is 9.97. The molecule has 0 aromatic heterocycles. The molecule has 0 saturated carbocycles. The van der Waals surface area contributed by atoms with Gasteiger partial charge in [-0.25, -0.2) is 4.39 Å². The Balaban J connectivity index is 2.21. The van der Waals surface area contributed by atoms with Crippen molar-refractivity contribution in [2.75, 3.05) is 19.6 Å². The summed E-state index contributed by atoms with van der Waals surface area (Å²) in [5, 5.41) is 0. The predicted octanol–water partition coefficient (Wildman–Crippen LogP) is 2.47. The third kappa shape index (κ3) is 2.74. The van der Waals surface area contributed by atoms with Gasteiger partial charge in [0.05, 0.1) is 0 Å². The molecule has 72 valence electrons. The molecular weight excluding hydrogens is 153 g/mol. The van der Waals surface area contributed by atoms with Gasteiger partial charge in [-0.1, -0.05) is 26.7 Å². The minimum atomic E-state index is -0.556. The number of rotatable bonds is 4.